The van der Waals surface area contributed by atoms with Gasteiger partial charge in [0, 0.05) is 23.9 Å². The number of hydrogen-bond donors (Lipinski definition) is 1. The van der Waals surface area contributed by atoms with Crippen molar-refractivity contribution in [1.82, 2.24) is 4.90 Å². The van der Waals surface area contributed by atoms with E-state index in [9.17, 15) is 5.11 Å². The van der Waals surface area contributed by atoms with Gasteiger partial charge in [-0.05, 0) is 63.5 Å². The molecule has 0 aliphatic carbocycles. The van der Waals surface area contributed by atoms with Crippen molar-refractivity contribution < 1.29 is 22.1 Å². The number of aromatic hydroxyl groups is 1. The number of rotatable bonds is 6. The van der Waals surface area contributed by atoms with Gasteiger partial charge in [-0.25, -0.2) is 0 Å². The zero-order valence-corrected chi connectivity index (χ0v) is 21.0. The van der Waals surface area contributed by atoms with Gasteiger partial charge in [0.05, 0.1) is 0 Å². The summed E-state index contributed by atoms with van der Waals surface area (Å²) in [5.74, 6) is 0.439. The Morgan fingerprint density at radius 2 is 1.48 bits per heavy atom. The SMILES string of the molecule is Cc1cccc(Pc2c(C)cccc2CN(C(C)C)C(C)C)c1O.[Cl][Ti][Cl]. The summed E-state index contributed by atoms with van der Waals surface area (Å²) in [6.45, 7) is 14.1. The van der Waals surface area contributed by atoms with Crippen LogP contribution in [0.4, 0.5) is 0 Å². The fourth-order valence-corrected chi connectivity index (χ4v) is 4.46. The first-order chi connectivity index (χ1) is 12.7. The van der Waals surface area contributed by atoms with E-state index < -0.39 is 17.0 Å². The number of phenolic OH excluding ortho intramolecular Hbond substituents is 1. The third-order valence-electron chi connectivity index (χ3n) is 4.54. The fraction of sp³-hybridized carbons (Fsp3) is 0.429. The van der Waals surface area contributed by atoms with Gasteiger partial charge in [0.25, 0.3) is 0 Å². The molecular weight excluding hydrogens is 432 g/mol. The van der Waals surface area contributed by atoms with Crippen molar-refractivity contribution in [2.75, 3.05) is 0 Å². The van der Waals surface area contributed by atoms with Crippen LogP contribution < -0.4 is 10.6 Å². The molecule has 0 radical (unpaired) electrons. The number of nitrogens with zero attached hydrogens (tertiary/aromatic N) is 1. The number of phenols is 1. The third kappa shape index (κ3) is 7.69. The van der Waals surface area contributed by atoms with E-state index in [0.29, 0.717) is 26.4 Å². The van der Waals surface area contributed by atoms with Crippen LogP contribution in [0.3, 0.4) is 0 Å². The van der Waals surface area contributed by atoms with Crippen molar-refractivity contribution in [2.45, 2.75) is 60.2 Å². The van der Waals surface area contributed by atoms with E-state index in [2.05, 4.69) is 57.7 Å². The first kappa shape index (κ1) is 25.0. The summed E-state index contributed by atoms with van der Waals surface area (Å²) in [5.41, 5.74) is 3.62. The van der Waals surface area contributed by atoms with E-state index in [1.54, 1.807) is 0 Å². The fourth-order valence-electron chi connectivity index (χ4n) is 3.09. The van der Waals surface area contributed by atoms with Gasteiger partial charge in [0.1, 0.15) is 5.75 Å². The molecule has 0 aliphatic heterocycles. The first-order valence-corrected chi connectivity index (χ1v) is 14.4. The molecule has 6 heteroatoms. The van der Waals surface area contributed by atoms with E-state index in [0.717, 1.165) is 17.4 Å². The summed E-state index contributed by atoms with van der Waals surface area (Å²) >= 11 is -0.556. The van der Waals surface area contributed by atoms with Crippen LogP contribution in [-0.2, 0) is 23.6 Å². The molecule has 1 atom stereocenters. The second-order valence-corrected chi connectivity index (χ2v) is 11.0. The average Bonchev–Trinajstić information content (AvgIpc) is 2.59. The van der Waals surface area contributed by atoms with Gasteiger partial charge in [-0.2, -0.15) is 0 Å². The Bertz CT molecular complexity index is 717. The molecule has 148 valence electrons. The van der Waals surface area contributed by atoms with E-state index in [1.165, 1.54) is 16.4 Å². The predicted octanol–water partition coefficient (Wildman–Crippen LogP) is 5.63. The van der Waals surface area contributed by atoms with Gasteiger partial charge >= 0.3 is 35.6 Å². The molecule has 1 unspecified atom stereocenters. The normalized spacial score (nSPS) is 11.4. The zero-order valence-electron chi connectivity index (χ0n) is 17.0. The standard InChI is InChI=1S/C21H30NOP.2ClH.Ti/c1-14(2)22(15(3)4)13-18-11-7-10-17(6)21(18)24-19-12-8-9-16(5)20(19)23;;;/h7-12,14-15,23-24H,13H2,1-6H3;2*1H;/q;;;+2/p-2. The van der Waals surface area contributed by atoms with E-state index in [4.69, 9.17) is 18.6 Å². The Labute approximate surface area is 183 Å². The number of aryl methyl sites for hydroxylation is 2. The Morgan fingerprint density at radius 3 is 2.04 bits per heavy atom. The van der Waals surface area contributed by atoms with E-state index in [-0.39, 0.29) is 0 Å². The molecular formula is C21H30Cl2NOPTi. The van der Waals surface area contributed by atoms with Gasteiger partial charge in [0.15, 0.2) is 0 Å². The minimum absolute atomic E-state index is 0.439. The summed E-state index contributed by atoms with van der Waals surface area (Å²) in [5, 5.41) is 12.8. The summed E-state index contributed by atoms with van der Waals surface area (Å²) in [6.07, 6.45) is 0. The molecule has 27 heavy (non-hydrogen) atoms. The van der Waals surface area contributed by atoms with Crippen LogP contribution >= 0.6 is 27.2 Å². The van der Waals surface area contributed by atoms with Crippen molar-refractivity contribution >= 4 is 37.8 Å². The Morgan fingerprint density at radius 1 is 0.963 bits per heavy atom. The molecule has 0 saturated carbocycles. The number of benzene rings is 2. The van der Waals surface area contributed by atoms with Gasteiger partial charge in [-0.3, -0.25) is 4.90 Å². The molecule has 0 aromatic heterocycles. The van der Waals surface area contributed by atoms with Crippen LogP contribution in [0.5, 0.6) is 5.75 Å². The Hall–Kier alpha value is -0.0757. The Balaban J connectivity index is 0.00000114. The van der Waals surface area contributed by atoms with E-state index in [1.807, 2.05) is 25.1 Å². The van der Waals surface area contributed by atoms with Gasteiger partial charge in [-0.15, -0.1) is 0 Å². The molecule has 0 saturated heterocycles. The molecule has 1 N–H and O–H groups in total. The van der Waals surface area contributed by atoms with Crippen molar-refractivity contribution in [3.05, 3.63) is 53.1 Å². The third-order valence-corrected chi connectivity index (χ3v) is 6.17. The predicted molar refractivity (Wildman–Crippen MR) is 119 cm³/mol. The second kappa shape index (κ2) is 12.5. The molecule has 0 fully saturated rings. The number of para-hydroxylation sites is 1. The van der Waals surface area contributed by atoms with Crippen LogP contribution in [0.15, 0.2) is 36.4 Å². The number of hydrogen-bond acceptors (Lipinski definition) is 2. The first-order valence-electron chi connectivity index (χ1n) is 9.09. The molecule has 0 amide bonds. The van der Waals surface area contributed by atoms with Gasteiger partial charge < -0.3 is 5.11 Å². The summed E-state index contributed by atoms with van der Waals surface area (Å²) in [4.78, 5) is 2.51. The summed E-state index contributed by atoms with van der Waals surface area (Å²) in [7, 11) is 10.3. The zero-order chi connectivity index (χ0) is 20.6. The maximum absolute atomic E-state index is 10.4. The van der Waals surface area contributed by atoms with E-state index >= 15 is 0 Å². The summed E-state index contributed by atoms with van der Waals surface area (Å²) in [6, 6.07) is 13.6. The van der Waals surface area contributed by atoms with Crippen LogP contribution in [0.25, 0.3) is 0 Å². The van der Waals surface area contributed by atoms with Crippen molar-refractivity contribution in [3.63, 3.8) is 0 Å². The van der Waals surface area contributed by atoms with Crippen LogP contribution in [0.1, 0.15) is 44.4 Å². The van der Waals surface area contributed by atoms with Crippen LogP contribution in [-0.4, -0.2) is 22.1 Å². The van der Waals surface area contributed by atoms with Crippen molar-refractivity contribution in [3.8, 4) is 5.75 Å². The number of halogens is 2. The molecule has 0 heterocycles. The average molecular weight is 462 g/mol. The second-order valence-electron chi connectivity index (χ2n) is 7.14. The summed E-state index contributed by atoms with van der Waals surface area (Å²) < 4.78 is 0. The van der Waals surface area contributed by atoms with Gasteiger partial charge in [0.2, 0.25) is 0 Å². The Kier molecular flexibility index (Phi) is 11.5. The maximum atomic E-state index is 10.4. The molecule has 0 aliphatic rings. The molecule has 0 bridgehead atoms. The molecule has 2 rings (SSSR count). The monoisotopic (exact) mass is 461 g/mol. The van der Waals surface area contributed by atoms with Crippen LogP contribution in [0, 0.1) is 13.8 Å². The quantitative estimate of drug-likeness (QED) is 0.444. The van der Waals surface area contributed by atoms with Gasteiger partial charge in [-0.1, -0.05) is 45.0 Å². The molecule has 2 nitrogen and oxygen atoms in total. The molecule has 2 aromatic rings. The van der Waals surface area contributed by atoms with Crippen molar-refractivity contribution in [1.29, 1.82) is 0 Å². The topological polar surface area (TPSA) is 23.5 Å². The van der Waals surface area contributed by atoms with Crippen molar-refractivity contribution in [2.24, 2.45) is 0 Å². The minimum atomic E-state index is -0.556. The van der Waals surface area contributed by atoms with Crippen LogP contribution in [0.2, 0.25) is 0 Å². The molecule has 0 spiro atoms. The molecule has 2 aromatic carbocycles.